The van der Waals surface area contributed by atoms with Crippen LogP contribution in [0.1, 0.15) is 12.5 Å². The van der Waals surface area contributed by atoms with Crippen molar-refractivity contribution in [1.82, 2.24) is 9.55 Å². The van der Waals surface area contributed by atoms with Crippen molar-refractivity contribution < 1.29 is 19.1 Å². The van der Waals surface area contributed by atoms with Crippen LogP contribution in [-0.2, 0) is 20.9 Å². The lowest BCUT2D eigenvalue weighted by Gasteiger charge is -2.10. The number of nitrogens with zero attached hydrogens (tertiary/aromatic N) is 2. The number of benzene rings is 2. The van der Waals surface area contributed by atoms with Crippen molar-refractivity contribution in [3.63, 3.8) is 0 Å². The minimum absolute atomic E-state index is 0.177. The van der Waals surface area contributed by atoms with Crippen molar-refractivity contribution in [2.75, 3.05) is 18.5 Å². The molecule has 150 valence electrons. The number of hydrogen-bond acceptors (Lipinski definition) is 6. The predicted octanol–water partition coefficient (Wildman–Crippen LogP) is 2.29. The summed E-state index contributed by atoms with van der Waals surface area (Å²) in [7, 11) is 0. The Hall–Kier alpha value is -3.68. The summed E-state index contributed by atoms with van der Waals surface area (Å²) in [6, 6.07) is 12.0. The number of fused-ring (bicyclic) bond motifs is 1. The van der Waals surface area contributed by atoms with Crippen molar-refractivity contribution in [1.29, 1.82) is 0 Å². The second-order valence-corrected chi connectivity index (χ2v) is 6.32. The molecule has 0 aliphatic carbocycles. The Morgan fingerprint density at radius 2 is 1.97 bits per heavy atom. The summed E-state index contributed by atoms with van der Waals surface area (Å²) >= 11 is 0. The van der Waals surface area contributed by atoms with Crippen molar-refractivity contribution in [2.24, 2.45) is 0 Å². The molecule has 3 aromatic rings. The number of anilines is 1. The van der Waals surface area contributed by atoms with Gasteiger partial charge in [-0.3, -0.25) is 14.2 Å². The maximum absolute atomic E-state index is 12.6. The summed E-state index contributed by atoms with van der Waals surface area (Å²) < 4.78 is 11.4. The zero-order valence-corrected chi connectivity index (χ0v) is 16.2. The Bertz CT molecular complexity index is 1110. The number of para-hydroxylation sites is 1. The van der Waals surface area contributed by atoms with Gasteiger partial charge in [0.2, 0.25) is 5.91 Å². The van der Waals surface area contributed by atoms with Crippen LogP contribution >= 0.6 is 0 Å². The van der Waals surface area contributed by atoms with Gasteiger partial charge in [0.15, 0.2) is 6.61 Å². The van der Waals surface area contributed by atoms with Gasteiger partial charge in [-0.15, -0.1) is 0 Å². The number of esters is 1. The fourth-order valence-corrected chi connectivity index (χ4v) is 2.81. The van der Waals surface area contributed by atoms with E-state index in [1.165, 1.54) is 10.9 Å². The Morgan fingerprint density at radius 3 is 2.76 bits per heavy atom. The molecule has 2 aromatic carbocycles. The summed E-state index contributed by atoms with van der Waals surface area (Å²) in [5.74, 6) is -0.445. The van der Waals surface area contributed by atoms with Gasteiger partial charge in [0, 0.05) is 11.8 Å². The van der Waals surface area contributed by atoms with Crippen LogP contribution in [0.2, 0.25) is 0 Å². The van der Waals surface area contributed by atoms with E-state index >= 15 is 0 Å². The van der Waals surface area contributed by atoms with Crippen LogP contribution in [0.4, 0.5) is 5.69 Å². The number of rotatable bonds is 7. The number of hydrogen-bond donors (Lipinski definition) is 1. The fourth-order valence-electron chi connectivity index (χ4n) is 2.81. The van der Waals surface area contributed by atoms with E-state index in [0.29, 0.717) is 22.3 Å². The van der Waals surface area contributed by atoms with Crippen LogP contribution in [0.25, 0.3) is 10.9 Å². The predicted molar refractivity (Wildman–Crippen MR) is 108 cm³/mol. The first kappa shape index (κ1) is 20.1. The SMILES string of the molecule is CCOC(=O)COc1cccc(NC(=O)Cn2cnc3c(C)cccc3c2=O)c1. The number of amides is 1. The molecule has 8 nitrogen and oxygen atoms in total. The molecule has 0 unspecified atom stereocenters. The molecule has 0 aliphatic rings. The van der Waals surface area contributed by atoms with E-state index in [4.69, 9.17) is 9.47 Å². The van der Waals surface area contributed by atoms with E-state index in [2.05, 4.69) is 10.3 Å². The van der Waals surface area contributed by atoms with Crippen LogP contribution in [0, 0.1) is 6.92 Å². The standard InChI is InChI=1S/C21H21N3O5/c1-3-28-19(26)12-29-16-8-5-7-15(10-16)23-18(25)11-24-13-22-20-14(2)6-4-9-17(20)21(24)27/h4-10,13H,3,11-12H2,1-2H3,(H,23,25). The number of aryl methyl sites for hydroxylation is 1. The molecule has 0 fully saturated rings. The fraction of sp³-hybridized carbons (Fsp3) is 0.238. The summed E-state index contributed by atoms with van der Waals surface area (Å²) in [6.45, 7) is 3.47. The second-order valence-electron chi connectivity index (χ2n) is 6.32. The maximum Gasteiger partial charge on any atom is 0.344 e. The second kappa shape index (κ2) is 9.01. The molecule has 1 N–H and O–H groups in total. The van der Waals surface area contributed by atoms with Gasteiger partial charge in [0.1, 0.15) is 12.3 Å². The molecule has 0 spiro atoms. The van der Waals surface area contributed by atoms with Crippen molar-refractivity contribution >= 4 is 28.5 Å². The van der Waals surface area contributed by atoms with Gasteiger partial charge < -0.3 is 14.8 Å². The van der Waals surface area contributed by atoms with Gasteiger partial charge in [0.05, 0.1) is 23.8 Å². The van der Waals surface area contributed by atoms with Crippen LogP contribution < -0.4 is 15.6 Å². The zero-order valence-electron chi connectivity index (χ0n) is 16.2. The van der Waals surface area contributed by atoms with E-state index in [-0.39, 0.29) is 31.2 Å². The number of aromatic nitrogens is 2. The third-order valence-corrected chi connectivity index (χ3v) is 4.15. The van der Waals surface area contributed by atoms with Gasteiger partial charge >= 0.3 is 5.97 Å². The first-order chi connectivity index (χ1) is 14.0. The van der Waals surface area contributed by atoms with E-state index in [1.807, 2.05) is 13.0 Å². The molecule has 1 amide bonds. The monoisotopic (exact) mass is 395 g/mol. The smallest absolute Gasteiger partial charge is 0.344 e. The summed E-state index contributed by atoms with van der Waals surface area (Å²) in [5.41, 5.74) is 1.73. The van der Waals surface area contributed by atoms with Crippen molar-refractivity contribution in [3.8, 4) is 5.75 Å². The quantitative estimate of drug-likeness (QED) is 0.616. The lowest BCUT2D eigenvalue weighted by atomic mass is 10.1. The molecule has 0 atom stereocenters. The Morgan fingerprint density at radius 1 is 1.17 bits per heavy atom. The number of carbonyl (C=O) groups excluding carboxylic acids is 2. The van der Waals surface area contributed by atoms with Gasteiger partial charge in [-0.1, -0.05) is 18.2 Å². The highest BCUT2D eigenvalue weighted by Crippen LogP contribution is 2.17. The van der Waals surface area contributed by atoms with Crippen LogP contribution in [0.5, 0.6) is 5.75 Å². The maximum atomic E-state index is 12.6. The molecule has 29 heavy (non-hydrogen) atoms. The lowest BCUT2D eigenvalue weighted by Crippen LogP contribution is -2.28. The third-order valence-electron chi connectivity index (χ3n) is 4.15. The molecule has 0 radical (unpaired) electrons. The summed E-state index contributed by atoms with van der Waals surface area (Å²) in [5, 5.41) is 3.17. The first-order valence-corrected chi connectivity index (χ1v) is 9.11. The molecular formula is C21H21N3O5. The van der Waals surface area contributed by atoms with Crippen LogP contribution in [0.15, 0.2) is 53.6 Å². The Labute approximate surface area is 167 Å². The highest BCUT2D eigenvalue weighted by molar-refractivity contribution is 5.91. The van der Waals surface area contributed by atoms with E-state index in [0.717, 1.165) is 5.56 Å². The number of ether oxygens (including phenoxy) is 2. The molecule has 3 rings (SSSR count). The first-order valence-electron chi connectivity index (χ1n) is 9.11. The highest BCUT2D eigenvalue weighted by atomic mass is 16.6. The Kier molecular flexibility index (Phi) is 6.23. The largest absolute Gasteiger partial charge is 0.482 e. The zero-order chi connectivity index (χ0) is 20.8. The van der Waals surface area contributed by atoms with Gasteiger partial charge in [-0.2, -0.15) is 0 Å². The molecule has 1 heterocycles. The lowest BCUT2D eigenvalue weighted by molar-refractivity contribution is -0.145. The molecule has 1 aromatic heterocycles. The number of carbonyl (C=O) groups is 2. The molecule has 0 saturated heterocycles. The average molecular weight is 395 g/mol. The molecule has 0 bridgehead atoms. The van der Waals surface area contributed by atoms with Gasteiger partial charge in [-0.25, -0.2) is 9.78 Å². The topological polar surface area (TPSA) is 99.5 Å². The molecule has 0 aliphatic heterocycles. The summed E-state index contributed by atoms with van der Waals surface area (Å²) in [4.78, 5) is 40.7. The Balaban J connectivity index is 1.68. The molecule has 8 heteroatoms. The van der Waals surface area contributed by atoms with E-state index in [9.17, 15) is 14.4 Å². The third kappa shape index (κ3) is 4.98. The van der Waals surface area contributed by atoms with Gasteiger partial charge in [-0.05, 0) is 37.6 Å². The van der Waals surface area contributed by atoms with Crippen LogP contribution in [-0.4, -0.2) is 34.6 Å². The average Bonchev–Trinajstić information content (AvgIpc) is 2.69. The highest BCUT2D eigenvalue weighted by Gasteiger charge is 2.10. The van der Waals surface area contributed by atoms with E-state index < -0.39 is 5.97 Å². The van der Waals surface area contributed by atoms with Crippen molar-refractivity contribution in [3.05, 3.63) is 64.7 Å². The number of nitrogens with one attached hydrogen (secondary N) is 1. The summed E-state index contributed by atoms with van der Waals surface area (Å²) in [6.07, 6.45) is 1.37. The minimum Gasteiger partial charge on any atom is -0.482 e. The molecule has 0 saturated carbocycles. The van der Waals surface area contributed by atoms with Gasteiger partial charge in [0.25, 0.3) is 5.56 Å². The van der Waals surface area contributed by atoms with Crippen molar-refractivity contribution in [2.45, 2.75) is 20.4 Å². The van der Waals surface area contributed by atoms with Crippen LogP contribution in [0.3, 0.4) is 0 Å². The normalized spacial score (nSPS) is 10.6. The van der Waals surface area contributed by atoms with E-state index in [1.54, 1.807) is 43.3 Å². The minimum atomic E-state index is -0.472. The molecular weight excluding hydrogens is 374 g/mol.